The van der Waals surface area contributed by atoms with Gasteiger partial charge in [-0.05, 0) is 55.4 Å². The van der Waals surface area contributed by atoms with Crippen molar-refractivity contribution in [3.05, 3.63) is 47.6 Å². The van der Waals surface area contributed by atoms with E-state index < -0.39 is 11.9 Å². The average Bonchev–Trinajstić information content (AvgIpc) is 2.88. The molecule has 0 spiro atoms. The molecule has 2 aromatic rings. The van der Waals surface area contributed by atoms with E-state index in [0.29, 0.717) is 70.3 Å². The number of ether oxygens (including phenoxy) is 6. The van der Waals surface area contributed by atoms with Gasteiger partial charge in [0.2, 0.25) is 0 Å². The van der Waals surface area contributed by atoms with Gasteiger partial charge in [-0.25, -0.2) is 9.59 Å². The molecule has 0 heterocycles. The Bertz CT molecular complexity index is 1150. The van der Waals surface area contributed by atoms with Crippen molar-refractivity contribution in [1.29, 1.82) is 0 Å². The molecule has 0 fully saturated rings. The van der Waals surface area contributed by atoms with E-state index in [9.17, 15) is 9.59 Å². The molecule has 0 aromatic heterocycles. The van der Waals surface area contributed by atoms with Gasteiger partial charge in [0.15, 0.2) is 23.0 Å². The van der Waals surface area contributed by atoms with Crippen LogP contribution in [-0.2, 0) is 9.59 Å². The summed E-state index contributed by atoms with van der Waals surface area (Å²) in [5.74, 6) is 1.28. The molecule has 0 bridgehead atoms. The van der Waals surface area contributed by atoms with Crippen molar-refractivity contribution < 1.29 is 38.0 Å². The Balaban J connectivity index is 2.77. The van der Waals surface area contributed by atoms with Crippen molar-refractivity contribution in [3.63, 3.8) is 0 Å². The summed E-state index contributed by atoms with van der Waals surface area (Å²) in [5.41, 5.74) is 1.74. The number of carbonyl (C=O) groups excluding carboxylic acids is 2. The summed E-state index contributed by atoms with van der Waals surface area (Å²) >= 11 is 1.37. The smallest absolute Gasteiger partial charge is 0.338 e. The third kappa shape index (κ3) is 7.72. The van der Waals surface area contributed by atoms with E-state index >= 15 is 0 Å². The summed E-state index contributed by atoms with van der Waals surface area (Å²) in [6, 6.07) is 3.54. The minimum absolute atomic E-state index is 0.265. The van der Waals surface area contributed by atoms with Gasteiger partial charge < -0.3 is 28.4 Å². The van der Waals surface area contributed by atoms with E-state index in [4.69, 9.17) is 28.4 Å². The average molecular weight is 559 g/mol. The SMILES string of the molecule is C=C(C)C(=O)Oc1c(OCC)cc(Sc2cc(OCC)c(OC(=O)C(=C)C)c(C)c2OCC)c(OCC)c1C. The van der Waals surface area contributed by atoms with Crippen LogP contribution in [0.15, 0.2) is 46.2 Å². The lowest BCUT2D eigenvalue weighted by Crippen LogP contribution is -2.12. The predicted octanol–water partition coefficient (Wildman–Crippen LogP) is 7.01. The molecule has 2 rings (SSSR count). The molecule has 9 heteroatoms. The van der Waals surface area contributed by atoms with Gasteiger partial charge in [0.25, 0.3) is 0 Å². The Morgan fingerprint density at radius 1 is 0.641 bits per heavy atom. The fourth-order valence-corrected chi connectivity index (χ4v) is 4.68. The summed E-state index contributed by atoms with van der Waals surface area (Å²) in [7, 11) is 0. The van der Waals surface area contributed by atoms with Crippen LogP contribution in [0.3, 0.4) is 0 Å². The minimum Gasteiger partial charge on any atom is -0.492 e. The first-order chi connectivity index (χ1) is 18.5. The van der Waals surface area contributed by atoms with Crippen LogP contribution in [0.5, 0.6) is 34.5 Å². The number of benzene rings is 2. The molecule has 212 valence electrons. The Hall–Kier alpha value is -3.59. The number of hydrogen-bond acceptors (Lipinski definition) is 9. The monoisotopic (exact) mass is 558 g/mol. The lowest BCUT2D eigenvalue weighted by atomic mass is 10.1. The third-order valence-electron chi connectivity index (χ3n) is 5.27. The molecule has 2 aromatic carbocycles. The van der Waals surface area contributed by atoms with Gasteiger partial charge in [-0.3, -0.25) is 0 Å². The summed E-state index contributed by atoms with van der Waals surface area (Å²) < 4.78 is 35.0. The van der Waals surface area contributed by atoms with E-state index in [0.717, 1.165) is 0 Å². The van der Waals surface area contributed by atoms with Gasteiger partial charge in [0, 0.05) is 34.4 Å². The Morgan fingerprint density at radius 3 is 1.26 bits per heavy atom. The second-order valence-electron chi connectivity index (χ2n) is 8.49. The molecule has 0 unspecified atom stereocenters. The van der Waals surface area contributed by atoms with Crippen molar-refractivity contribution in [3.8, 4) is 34.5 Å². The zero-order valence-corrected chi connectivity index (χ0v) is 24.9. The van der Waals surface area contributed by atoms with Crippen LogP contribution >= 0.6 is 11.8 Å². The third-order valence-corrected chi connectivity index (χ3v) is 6.31. The molecule has 0 amide bonds. The second-order valence-corrected chi connectivity index (χ2v) is 9.57. The summed E-state index contributed by atoms with van der Waals surface area (Å²) in [5, 5.41) is 0. The summed E-state index contributed by atoms with van der Waals surface area (Å²) in [4.78, 5) is 26.2. The molecule has 0 saturated heterocycles. The van der Waals surface area contributed by atoms with Crippen molar-refractivity contribution in [2.45, 2.75) is 65.2 Å². The fourth-order valence-electron chi connectivity index (χ4n) is 3.50. The van der Waals surface area contributed by atoms with Crippen molar-refractivity contribution in [2.24, 2.45) is 0 Å². The highest BCUT2D eigenvalue weighted by atomic mass is 32.2. The van der Waals surface area contributed by atoms with Crippen LogP contribution in [0.4, 0.5) is 0 Å². The first-order valence-corrected chi connectivity index (χ1v) is 13.6. The van der Waals surface area contributed by atoms with Gasteiger partial charge in [-0.1, -0.05) is 24.9 Å². The maximum atomic E-state index is 12.4. The lowest BCUT2D eigenvalue weighted by molar-refractivity contribution is -0.131. The van der Waals surface area contributed by atoms with Gasteiger partial charge in [-0.15, -0.1) is 0 Å². The zero-order valence-electron chi connectivity index (χ0n) is 24.1. The number of carbonyl (C=O) groups is 2. The van der Waals surface area contributed by atoms with Crippen LogP contribution in [-0.4, -0.2) is 38.4 Å². The molecule has 0 radical (unpaired) electrons. The first-order valence-electron chi connectivity index (χ1n) is 12.8. The molecule has 0 saturated carbocycles. The molecule has 0 aliphatic carbocycles. The quantitative estimate of drug-likeness (QED) is 0.138. The normalized spacial score (nSPS) is 10.5. The Kier molecular flexibility index (Phi) is 11.8. The molecule has 0 aliphatic rings. The molecule has 0 aliphatic heterocycles. The van der Waals surface area contributed by atoms with Crippen LogP contribution < -0.4 is 28.4 Å². The fraction of sp³-hybridized carbons (Fsp3) is 0.400. The highest BCUT2D eigenvalue weighted by molar-refractivity contribution is 7.99. The molecule has 39 heavy (non-hydrogen) atoms. The highest BCUT2D eigenvalue weighted by Crippen LogP contribution is 2.51. The molecular weight excluding hydrogens is 520 g/mol. The maximum Gasteiger partial charge on any atom is 0.338 e. The van der Waals surface area contributed by atoms with Crippen LogP contribution in [0, 0.1) is 13.8 Å². The van der Waals surface area contributed by atoms with Gasteiger partial charge in [0.05, 0.1) is 36.2 Å². The Morgan fingerprint density at radius 2 is 0.974 bits per heavy atom. The van der Waals surface area contributed by atoms with Crippen LogP contribution in [0.25, 0.3) is 0 Å². The second kappa shape index (κ2) is 14.5. The predicted molar refractivity (Wildman–Crippen MR) is 152 cm³/mol. The van der Waals surface area contributed by atoms with E-state index in [1.807, 2.05) is 27.7 Å². The van der Waals surface area contributed by atoms with Gasteiger partial charge in [-0.2, -0.15) is 0 Å². The number of rotatable bonds is 14. The number of hydrogen-bond donors (Lipinski definition) is 0. The van der Waals surface area contributed by atoms with Crippen molar-refractivity contribution >= 4 is 23.7 Å². The molecule has 0 atom stereocenters. The van der Waals surface area contributed by atoms with Crippen LogP contribution in [0.1, 0.15) is 52.7 Å². The summed E-state index contributed by atoms with van der Waals surface area (Å²) in [6.07, 6.45) is 0. The van der Waals surface area contributed by atoms with E-state index in [-0.39, 0.29) is 22.6 Å². The van der Waals surface area contributed by atoms with Crippen molar-refractivity contribution in [1.82, 2.24) is 0 Å². The molecular formula is C30H38O8S. The van der Waals surface area contributed by atoms with Gasteiger partial charge in [0.1, 0.15) is 11.5 Å². The largest absolute Gasteiger partial charge is 0.492 e. The topological polar surface area (TPSA) is 89.5 Å². The number of esters is 2. The van der Waals surface area contributed by atoms with Crippen molar-refractivity contribution in [2.75, 3.05) is 26.4 Å². The Labute approximate surface area is 235 Å². The lowest BCUT2D eigenvalue weighted by Gasteiger charge is -2.22. The maximum absolute atomic E-state index is 12.4. The van der Waals surface area contributed by atoms with E-state index in [1.165, 1.54) is 11.8 Å². The zero-order chi connectivity index (χ0) is 29.3. The van der Waals surface area contributed by atoms with Gasteiger partial charge >= 0.3 is 11.9 Å². The molecule has 8 nitrogen and oxygen atoms in total. The standard InChI is InChI=1S/C30H38O8S/c1-11-33-21-15-23(27(35-13-3)19(9)25(21)37-29(31)17(5)6)39-24-16-22(34-12-2)26(38-30(32)18(7)8)20(10)28(24)36-14-4/h15-16H,5,7,11-14H2,1-4,6,8-10H3. The van der Waals surface area contributed by atoms with E-state index in [1.54, 1.807) is 39.8 Å². The van der Waals surface area contributed by atoms with E-state index in [2.05, 4.69) is 13.2 Å². The highest BCUT2D eigenvalue weighted by Gasteiger charge is 2.26. The summed E-state index contributed by atoms with van der Waals surface area (Å²) in [6.45, 7) is 23.0. The molecule has 0 N–H and O–H groups in total. The minimum atomic E-state index is -0.558. The van der Waals surface area contributed by atoms with Crippen LogP contribution in [0.2, 0.25) is 0 Å². The first kappa shape index (κ1) is 31.6.